The molecule has 7 atom stereocenters. The Morgan fingerprint density at radius 1 is 0.354 bits per heavy atom. The smallest absolute Gasteiger partial charge is 0.462 e. The molecule has 0 heterocycles. The zero-order valence-electron chi connectivity index (χ0n) is 50.7. The molecule has 79 heavy (non-hydrogen) atoms. The first-order valence-corrected chi connectivity index (χ1v) is 34.6. The summed E-state index contributed by atoms with van der Waals surface area (Å²) in [6.45, 7) is 9.36. The molecule has 0 bridgehead atoms. The van der Waals surface area contributed by atoms with Gasteiger partial charge in [0.05, 0.1) is 26.4 Å². The topological polar surface area (TPSA) is 237 Å². The second-order valence-corrected chi connectivity index (χ2v) is 25.1. The molecule has 0 rings (SSSR count). The number of aliphatic hydroxyl groups is 1. The van der Waals surface area contributed by atoms with Crippen LogP contribution in [0.2, 0.25) is 0 Å². The second kappa shape index (κ2) is 52.8. The predicted molar refractivity (Wildman–Crippen MR) is 312 cm³/mol. The summed E-state index contributed by atoms with van der Waals surface area (Å²) in [5, 5.41) is 10.5. The molecule has 19 heteroatoms. The van der Waals surface area contributed by atoms with Crippen molar-refractivity contribution in [3.05, 3.63) is 0 Å². The van der Waals surface area contributed by atoms with E-state index in [1.807, 2.05) is 0 Å². The summed E-state index contributed by atoms with van der Waals surface area (Å²) in [6, 6.07) is 0. The Kier molecular flexibility index (Phi) is 51.5. The van der Waals surface area contributed by atoms with Crippen LogP contribution in [0.3, 0.4) is 0 Å². The molecule has 0 saturated carbocycles. The molecule has 3 N–H and O–H groups in total. The first-order chi connectivity index (χ1) is 37.9. The zero-order valence-corrected chi connectivity index (χ0v) is 52.4. The molecule has 0 spiro atoms. The standard InChI is InChI=1S/C60H116O17P2/c1-7-11-13-15-16-17-18-26-32-38-44-59(64)76-55(48-70-57(62)42-36-28-14-12-8-2)50-74-78(66,67)72-46-54(61)47-73-79(68,69)75-51-56(77-60(65)45-39-33-27-22-20-24-30-35-41-53(6)10-4)49-71-58(63)43-37-31-25-21-19-23-29-34-40-52(5)9-3/h52-56,61H,7-51H2,1-6H3,(H,66,67)(H,68,69)/t52?,53?,54-,55+,56+/m0/s1. The van der Waals surface area contributed by atoms with Gasteiger partial charge in [0.2, 0.25) is 0 Å². The zero-order chi connectivity index (χ0) is 58.7. The molecule has 17 nitrogen and oxygen atoms in total. The van der Waals surface area contributed by atoms with Crippen LogP contribution in [0.1, 0.15) is 292 Å². The summed E-state index contributed by atoms with van der Waals surface area (Å²) in [5.74, 6) is -0.605. The maximum absolute atomic E-state index is 12.9. The lowest BCUT2D eigenvalue weighted by Crippen LogP contribution is -2.30. The van der Waals surface area contributed by atoms with E-state index in [2.05, 4.69) is 41.5 Å². The number of carbonyl (C=O) groups is 4. The van der Waals surface area contributed by atoms with Crippen LogP contribution < -0.4 is 0 Å². The highest BCUT2D eigenvalue weighted by Crippen LogP contribution is 2.45. The van der Waals surface area contributed by atoms with Gasteiger partial charge in [0, 0.05) is 25.7 Å². The Labute approximate surface area is 479 Å². The van der Waals surface area contributed by atoms with E-state index in [9.17, 15) is 43.2 Å². The second-order valence-electron chi connectivity index (χ2n) is 22.2. The number of phosphoric ester groups is 2. The van der Waals surface area contributed by atoms with E-state index in [0.717, 1.165) is 108 Å². The lowest BCUT2D eigenvalue weighted by molar-refractivity contribution is -0.161. The van der Waals surface area contributed by atoms with Crippen molar-refractivity contribution in [1.29, 1.82) is 0 Å². The van der Waals surface area contributed by atoms with E-state index >= 15 is 0 Å². The third-order valence-corrected chi connectivity index (χ3v) is 16.3. The third kappa shape index (κ3) is 52.6. The summed E-state index contributed by atoms with van der Waals surface area (Å²) < 4.78 is 67.6. The van der Waals surface area contributed by atoms with Crippen LogP contribution in [0.5, 0.6) is 0 Å². The third-order valence-electron chi connectivity index (χ3n) is 14.4. The van der Waals surface area contributed by atoms with Crippen molar-refractivity contribution >= 4 is 39.5 Å². The van der Waals surface area contributed by atoms with Gasteiger partial charge in [-0.15, -0.1) is 0 Å². The summed E-state index contributed by atoms with van der Waals surface area (Å²) in [6.07, 6.45) is 33.7. The van der Waals surface area contributed by atoms with Gasteiger partial charge in [-0.05, 0) is 37.5 Å². The fourth-order valence-electron chi connectivity index (χ4n) is 8.76. The van der Waals surface area contributed by atoms with E-state index in [0.29, 0.717) is 25.7 Å². The van der Waals surface area contributed by atoms with Crippen LogP contribution in [-0.2, 0) is 65.4 Å². The van der Waals surface area contributed by atoms with Gasteiger partial charge in [0.15, 0.2) is 12.2 Å². The number of aliphatic hydroxyl groups excluding tert-OH is 1. The number of hydrogen-bond acceptors (Lipinski definition) is 15. The van der Waals surface area contributed by atoms with Crippen molar-refractivity contribution in [3.63, 3.8) is 0 Å². The highest BCUT2D eigenvalue weighted by Gasteiger charge is 2.30. The number of hydrogen-bond donors (Lipinski definition) is 3. The van der Waals surface area contributed by atoms with Gasteiger partial charge in [-0.3, -0.25) is 37.3 Å². The maximum Gasteiger partial charge on any atom is 0.472 e. The average Bonchev–Trinajstić information content (AvgIpc) is 3.42. The molecule has 0 aliphatic heterocycles. The van der Waals surface area contributed by atoms with Crippen molar-refractivity contribution < 1.29 is 80.2 Å². The van der Waals surface area contributed by atoms with Gasteiger partial charge in [0.25, 0.3) is 0 Å². The van der Waals surface area contributed by atoms with Crippen molar-refractivity contribution in [3.8, 4) is 0 Å². The number of esters is 4. The molecule has 0 fully saturated rings. The molecular formula is C60H116O17P2. The fraction of sp³-hybridized carbons (Fsp3) is 0.933. The molecule has 0 amide bonds. The molecule has 0 aromatic heterocycles. The lowest BCUT2D eigenvalue weighted by Gasteiger charge is -2.21. The van der Waals surface area contributed by atoms with Crippen molar-refractivity contribution in [2.24, 2.45) is 11.8 Å². The van der Waals surface area contributed by atoms with E-state index in [1.54, 1.807) is 0 Å². The molecule has 0 aromatic rings. The van der Waals surface area contributed by atoms with E-state index < -0.39 is 97.5 Å². The Bertz CT molecular complexity index is 1570. The quantitative estimate of drug-likeness (QED) is 0.0222. The van der Waals surface area contributed by atoms with Crippen LogP contribution >= 0.6 is 15.6 Å². The summed E-state index contributed by atoms with van der Waals surface area (Å²) in [7, 11) is -9.87. The molecule has 0 aliphatic carbocycles. The minimum absolute atomic E-state index is 0.104. The highest BCUT2D eigenvalue weighted by atomic mass is 31.2. The first kappa shape index (κ1) is 77.1. The normalized spacial score (nSPS) is 15.1. The van der Waals surface area contributed by atoms with Crippen LogP contribution in [0, 0.1) is 11.8 Å². The molecule has 0 saturated heterocycles. The lowest BCUT2D eigenvalue weighted by atomic mass is 9.99. The van der Waals surface area contributed by atoms with Crippen LogP contribution in [0.25, 0.3) is 0 Å². The Morgan fingerprint density at radius 2 is 0.608 bits per heavy atom. The Balaban J connectivity index is 5.20. The average molecular weight is 1170 g/mol. The van der Waals surface area contributed by atoms with Gasteiger partial charge in [-0.1, -0.05) is 241 Å². The van der Waals surface area contributed by atoms with Gasteiger partial charge < -0.3 is 33.8 Å². The number of unbranched alkanes of at least 4 members (excludes halogenated alkanes) is 27. The largest absolute Gasteiger partial charge is 0.472 e. The minimum atomic E-state index is -4.94. The SMILES string of the molecule is CCCCCCCCCCCCC(=O)O[C@H](COC(=O)CCCCCCC)COP(=O)(O)OC[C@H](O)COP(=O)(O)OC[C@@H](COC(=O)CCCCCCCCCCC(C)CC)OC(=O)CCCCCCCCCCC(C)CC. The van der Waals surface area contributed by atoms with Gasteiger partial charge in [-0.25, -0.2) is 9.13 Å². The molecular weight excluding hydrogens is 1050 g/mol. The Hall–Kier alpha value is -1.94. The summed E-state index contributed by atoms with van der Waals surface area (Å²) in [4.78, 5) is 71.8. The number of carbonyl (C=O) groups excluding carboxylic acids is 4. The monoisotopic (exact) mass is 1170 g/mol. The minimum Gasteiger partial charge on any atom is -0.462 e. The molecule has 0 radical (unpaired) electrons. The Morgan fingerprint density at radius 3 is 0.899 bits per heavy atom. The first-order valence-electron chi connectivity index (χ1n) is 31.6. The van der Waals surface area contributed by atoms with Crippen LogP contribution in [-0.4, -0.2) is 96.7 Å². The fourth-order valence-corrected chi connectivity index (χ4v) is 10.3. The molecule has 468 valence electrons. The predicted octanol–water partition coefficient (Wildman–Crippen LogP) is 16.1. The van der Waals surface area contributed by atoms with Crippen molar-refractivity contribution in [1.82, 2.24) is 0 Å². The summed E-state index contributed by atoms with van der Waals surface area (Å²) >= 11 is 0. The maximum atomic E-state index is 12.9. The number of rotatable bonds is 59. The van der Waals surface area contributed by atoms with Gasteiger partial charge >= 0.3 is 39.5 Å². The summed E-state index contributed by atoms with van der Waals surface area (Å²) in [5.41, 5.74) is 0. The number of phosphoric acid groups is 2. The molecule has 0 aliphatic rings. The van der Waals surface area contributed by atoms with Crippen LogP contribution in [0.4, 0.5) is 0 Å². The van der Waals surface area contributed by atoms with Gasteiger partial charge in [0.1, 0.15) is 19.3 Å². The van der Waals surface area contributed by atoms with E-state index in [-0.39, 0.29) is 25.7 Å². The van der Waals surface area contributed by atoms with Crippen molar-refractivity contribution in [2.75, 3.05) is 39.6 Å². The van der Waals surface area contributed by atoms with Gasteiger partial charge in [-0.2, -0.15) is 0 Å². The number of ether oxygens (including phenoxy) is 4. The molecule has 0 aromatic carbocycles. The van der Waals surface area contributed by atoms with E-state index in [4.69, 9.17) is 37.0 Å². The van der Waals surface area contributed by atoms with Crippen molar-refractivity contribution in [2.45, 2.75) is 310 Å². The molecule has 4 unspecified atom stereocenters. The van der Waals surface area contributed by atoms with Crippen LogP contribution in [0.15, 0.2) is 0 Å². The van der Waals surface area contributed by atoms with E-state index in [1.165, 1.54) is 103 Å². The highest BCUT2D eigenvalue weighted by molar-refractivity contribution is 7.47.